The number of aromatic amines is 1. The second-order valence-corrected chi connectivity index (χ2v) is 9.17. The van der Waals surface area contributed by atoms with Crippen molar-refractivity contribution in [3.63, 3.8) is 0 Å². The number of thiophene rings is 1. The monoisotopic (exact) mass is 473 g/mol. The molecule has 0 spiro atoms. The van der Waals surface area contributed by atoms with Gasteiger partial charge < -0.3 is 4.74 Å². The number of nitrogens with zero attached hydrogens (tertiary/aromatic N) is 2. The second kappa shape index (κ2) is 10.2. The lowest BCUT2D eigenvalue weighted by Crippen LogP contribution is -2.16. The Morgan fingerprint density at radius 1 is 1.22 bits per heavy atom. The zero-order valence-electron chi connectivity index (χ0n) is 16.7. The van der Waals surface area contributed by atoms with Crippen LogP contribution in [0.4, 0.5) is 0 Å². The molecule has 3 aromatic rings. The molecule has 2 heterocycles. The Balaban J connectivity index is 1.88. The molecule has 0 saturated carbocycles. The minimum absolute atomic E-state index is 0.0971. The van der Waals surface area contributed by atoms with Crippen LogP contribution in [0.2, 0.25) is 0 Å². The second-order valence-electron chi connectivity index (χ2n) is 6.65. The molecule has 0 aliphatic carbocycles. The van der Waals surface area contributed by atoms with Crippen LogP contribution in [0.3, 0.4) is 0 Å². The molecular formula is C21H19N3O6S2. The summed E-state index contributed by atoms with van der Waals surface area (Å²) >= 11 is 1.39. The topological polar surface area (TPSA) is 142 Å². The Hall–Kier alpha value is -3.46. The number of esters is 1. The number of hydrogen-bond donors (Lipinski definition) is 2. The fourth-order valence-electron chi connectivity index (χ4n) is 2.86. The summed E-state index contributed by atoms with van der Waals surface area (Å²) in [6, 6.07) is 14.3. The van der Waals surface area contributed by atoms with Crippen molar-refractivity contribution in [3.8, 4) is 22.3 Å². The van der Waals surface area contributed by atoms with Gasteiger partial charge >= 0.3 is 5.97 Å². The molecule has 2 N–H and O–H groups in total. The highest BCUT2D eigenvalue weighted by molar-refractivity contribution is 7.85. The first-order valence-electron chi connectivity index (χ1n) is 9.48. The van der Waals surface area contributed by atoms with Gasteiger partial charge in [-0.25, -0.2) is 9.48 Å². The number of carbonyl (C=O) groups is 1. The van der Waals surface area contributed by atoms with Gasteiger partial charge in [-0.1, -0.05) is 24.3 Å². The van der Waals surface area contributed by atoms with Gasteiger partial charge in [-0.3, -0.25) is 14.4 Å². The Kier molecular flexibility index (Phi) is 7.42. The number of carbonyl (C=O) groups excluding carboxylic acids is 1. The van der Waals surface area contributed by atoms with Crippen molar-refractivity contribution in [3.05, 3.63) is 69.3 Å². The largest absolute Gasteiger partial charge is 0.462 e. The van der Waals surface area contributed by atoms with Crippen molar-refractivity contribution in [2.24, 2.45) is 0 Å². The van der Waals surface area contributed by atoms with E-state index >= 15 is 0 Å². The van der Waals surface area contributed by atoms with E-state index < -0.39 is 27.4 Å². The number of nitrogens with one attached hydrogen (secondary N) is 1. The van der Waals surface area contributed by atoms with E-state index in [-0.39, 0.29) is 30.6 Å². The van der Waals surface area contributed by atoms with Crippen LogP contribution in [0.1, 0.15) is 18.4 Å². The molecule has 0 amide bonds. The van der Waals surface area contributed by atoms with E-state index in [9.17, 15) is 23.3 Å². The molecule has 0 radical (unpaired) electrons. The van der Waals surface area contributed by atoms with Crippen molar-refractivity contribution >= 4 is 33.5 Å². The van der Waals surface area contributed by atoms with Crippen molar-refractivity contribution in [1.82, 2.24) is 9.78 Å². The Bertz CT molecular complexity index is 1310. The fourth-order valence-corrected chi connectivity index (χ4v) is 4.17. The van der Waals surface area contributed by atoms with Crippen molar-refractivity contribution in [1.29, 1.82) is 5.26 Å². The molecule has 0 bridgehead atoms. The average molecular weight is 474 g/mol. The van der Waals surface area contributed by atoms with Crippen LogP contribution >= 0.6 is 11.3 Å². The Labute approximate surface area is 187 Å². The van der Waals surface area contributed by atoms with Crippen LogP contribution in [-0.2, 0) is 19.6 Å². The highest BCUT2D eigenvalue weighted by Gasteiger charge is 2.19. The van der Waals surface area contributed by atoms with Crippen molar-refractivity contribution in [2.75, 3.05) is 12.4 Å². The zero-order chi connectivity index (χ0) is 23.1. The van der Waals surface area contributed by atoms with Gasteiger partial charge in [0, 0.05) is 0 Å². The van der Waals surface area contributed by atoms with Gasteiger partial charge in [-0.15, -0.1) is 11.3 Å². The molecule has 166 valence electrons. The third-order valence-electron chi connectivity index (χ3n) is 4.37. The maximum Gasteiger partial charge on any atom is 0.348 e. The predicted octanol–water partition coefficient (Wildman–Crippen LogP) is 3.01. The number of unbranched alkanes of at least 4 members (excludes halogenated alkanes) is 1. The Morgan fingerprint density at radius 3 is 2.59 bits per heavy atom. The highest BCUT2D eigenvalue weighted by Crippen LogP contribution is 2.27. The molecule has 9 nitrogen and oxygen atoms in total. The summed E-state index contributed by atoms with van der Waals surface area (Å²) in [5.74, 6) is -1.37. The quantitative estimate of drug-likeness (QED) is 0.160. The van der Waals surface area contributed by atoms with Crippen LogP contribution in [-0.4, -0.2) is 41.1 Å². The normalized spacial score (nSPS) is 11.8. The molecule has 2 aromatic heterocycles. The third-order valence-corrected chi connectivity index (χ3v) is 6.06. The standard InChI is InChI=1S/C21H19N3O6S2/c22-14-15(21(26)30-10-4-5-12-32(27,28)29)13-17-19(18-9-6-11-31-18)23-24(20(17)25)16-7-2-1-3-8-16/h1-3,6-9,11,13,23H,4-5,10,12H2,(H,27,28,29). The van der Waals surface area contributed by atoms with Crippen LogP contribution in [0, 0.1) is 11.3 Å². The lowest BCUT2D eigenvalue weighted by molar-refractivity contribution is -0.138. The minimum Gasteiger partial charge on any atom is -0.462 e. The molecule has 0 fully saturated rings. The molecule has 0 unspecified atom stereocenters. The maximum atomic E-state index is 13.1. The molecule has 11 heteroatoms. The molecular weight excluding hydrogens is 454 g/mol. The number of nitriles is 1. The van der Waals surface area contributed by atoms with Gasteiger partial charge in [-0.05, 0) is 42.5 Å². The number of para-hydroxylation sites is 1. The summed E-state index contributed by atoms with van der Waals surface area (Å²) in [4.78, 5) is 26.2. The molecule has 0 aliphatic rings. The van der Waals surface area contributed by atoms with E-state index in [2.05, 4.69) is 5.10 Å². The lowest BCUT2D eigenvalue weighted by atomic mass is 10.1. The third kappa shape index (κ3) is 5.82. The smallest absolute Gasteiger partial charge is 0.348 e. The van der Waals surface area contributed by atoms with Crippen molar-refractivity contribution in [2.45, 2.75) is 12.8 Å². The summed E-state index contributed by atoms with van der Waals surface area (Å²) in [7, 11) is -4.08. The van der Waals surface area contributed by atoms with Crippen LogP contribution in [0.15, 0.2) is 58.2 Å². The van der Waals surface area contributed by atoms with E-state index in [0.717, 1.165) is 4.88 Å². The average Bonchev–Trinajstić information content (AvgIpc) is 3.39. The van der Waals surface area contributed by atoms with Gasteiger partial charge in [0.25, 0.3) is 15.7 Å². The molecule has 0 saturated heterocycles. The zero-order valence-corrected chi connectivity index (χ0v) is 18.4. The predicted molar refractivity (Wildman–Crippen MR) is 120 cm³/mol. The van der Waals surface area contributed by atoms with E-state index in [0.29, 0.717) is 11.4 Å². The first-order chi connectivity index (χ1) is 15.3. The van der Waals surface area contributed by atoms with Gasteiger partial charge in [0.15, 0.2) is 0 Å². The van der Waals surface area contributed by atoms with E-state index in [1.807, 2.05) is 23.6 Å². The fraction of sp³-hybridized carbons (Fsp3) is 0.190. The van der Waals surface area contributed by atoms with Crippen LogP contribution in [0.5, 0.6) is 0 Å². The summed E-state index contributed by atoms with van der Waals surface area (Å²) in [6.45, 7) is -0.132. The number of hydrogen-bond acceptors (Lipinski definition) is 7. The molecule has 0 atom stereocenters. The van der Waals surface area contributed by atoms with Gasteiger partial charge in [0.1, 0.15) is 11.6 Å². The van der Waals surface area contributed by atoms with Crippen LogP contribution in [0.25, 0.3) is 22.3 Å². The first kappa shape index (κ1) is 23.2. The van der Waals surface area contributed by atoms with Gasteiger partial charge in [-0.2, -0.15) is 13.7 Å². The van der Waals surface area contributed by atoms with Gasteiger partial charge in [0.05, 0.1) is 34.2 Å². The van der Waals surface area contributed by atoms with E-state index in [1.54, 1.807) is 30.3 Å². The summed E-state index contributed by atoms with van der Waals surface area (Å²) in [5.41, 5.74) is 0.385. The van der Waals surface area contributed by atoms with E-state index in [4.69, 9.17) is 9.29 Å². The molecule has 32 heavy (non-hydrogen) atoms. The molecule has 3 rings (SSSR count). The molecule has 0 aliphatic heterocycles. The highest BCUT2D eigenvalue weighted by atomic mass is 32.2. The summed E-state index contributed by atoms with van der Waals surface area (Å²) in [6.07, 6.45) is 1.48. The first-order valence-corrected chi connectivity index (χ1v) is 12.0. The number of aromatic nitrogens is 2. The number of ether oxygens (including phenoxy) is 1. The minimum atomic E-state index is -4.08. The lowest BCUT2D eigenvalue weighted by Gasteiger charge is -2.03. The summed E-state index contributed by atoms with van der Waals surface area (Å²) in [5, 5.41) is 14.3. The number of rotatable bonds is 9. The number of H-pyrrole nitrogens is 1. The van der Waals surface area contributed by atoms with Gasteiger partial charge in [0.2, 0.25) is 0 Å². The maximum absolute atomic E-state index is 13.1. The summed E-state index contributed by atoms with van der Waals surface area (Å²) < 4.78 is 36.5. The SMILES string of the molecule is N#CC(=Cc1c(-c2cccs2)[nH]n(-c2ccccc2)c1=O)C(=O)OCCCCS(=O)(=O)O. The van der Waals surface area contributed by atoms with Crippen molar-refractivity contribution < 1.29 is 22.5 Å². The van der Waals surface area contributed by atoms with E-state index in [1.165, 1.54) is 22.1 Å². The number of benzene rings is 1. The molecule has 1 aromatic carbocycles. The Morgan fingerprint density at radius 2 is 1.97 bits per heavy atom. The van der Waals surface area contributed by atoms with Crippen LogP contribution < -0.4 is 5.56 Å².